The molecule has 0 bridgehead atoms. The molecule has 2 aromatic carbocycles. The average molecular weight is 436 g/mol. The lowest BCUT2D eigenvalue weighted by Crippen LogP contribution is -2.45. The second-order valence-electron chi connectivity index (χ2n) is 5.78. The van der Waals surface area contributed by atoms with E-state index < -0.39 is 22.0 Å². The number of aryl methyl sites for hydroxylation is 1. The van der Waals surface area contributed by atoms with Crippen molar-refractivity contribution in [2.45, 2.75) is 19.9 Å². The van der Waals surface area contributed by atoms with Gasteiger partial charge in [-0.1, -0.05) is 40.9 Å². The van der Waals surface area contributed by atoms with Crippen LogP contribution in [0.1, 0.15) is 12.5 Å². The van der Waals surface area contributed by atoms with Gasteiger partial charge in [0.25, 0.3) is 0 Å². The lowest BCUT2D eigenvalue weighted by atomic mass is 10.2. The number of rotatable bonds is 5. The Morgan fingerprint density at radius 3 is 2.31 bits per heavy atom. The molecular weight excluding hydrogens is 419 g/mol. The molecular formula is C17H17Cl3N2O3S. The molecule has 9 heteroatoms. The number of hydrogen-bond donors (Lipinski definition) is 1. The van der Waals surface area contributed by atoms with Crippen molar-refractivity contribution in [3.8, 4) is 0 Å². The van der Waals surface area contributed by atoms with Gasteiger partial charge in [0.15, 0.2) is 0 Å². The highest BCUT2D eigenvalue weighted by Gasteiger charge is 2.29. The predicted molar refractivity (Wildman–Crippen MR) is 108 cm³/mol. The first kappa shape index (κ1) is 20.8. The van der Waals surface area contributed by atoms with Gasteiger partial charge >= 0.3 is 0 Å². The van der Waals surface area contributed by atoms with Crippen molar-refractivity contribution in [1.29, 1.82) is 0 Å². The minimum atomic E-state index is -3.75. The molecule has 0 spiro atoms. The fraction of sp³-hybridized carbons (Fsp3) is 0.235. The van der Waals surface area contributed by atoms with E-state index in [4.69, 9.17) is 34.8 Å². The van der Waals surface area contributed by atoms with Crippen LogP contribution in [0.4, 0.5) is 11.4 Å². The lowest BCUT2D eigenvalue weighted by molar-refractivity contribution is -0.116. The van der Waals surface area contributed by atoms with E-state index in [1.165, 1.54) is 25.1 Å². The van der Waals surface area contributed by atoms with Gasteiger partial charge in [0, 0.05) is 10.0 Å². The van der Waals surface area contributed by atoms with Crippen molar-refractivity contribution in [1.82, 2.24) is 0 Å². The largest absolute Gasteiger partial charge is 0.323 e. The van der Waals surface area contributed by atoms with E-state index in [1.807, 2.05) is 0 Å². The smallest absolute Gasteiger partial charge is 0.248 e. The van der Waals surface area contributed by atoms with Gasteiger partial charge in [-0.05, 0) is 49.7 Å². The maximum Gasteiger partial charge on any atom is 0.248 e. The van der Waals surface area contributed by atoms with Crippen LogP contribution in [-0.2, 0) is 14.8 Å². The summed E-state index contributed by atoms with van der Waals surface area (Å²) in [4.78, 5) is 12.6. The molecule has 26 heavy (non-hydrogen) atoms. The monoisotopic (exact) mass is 434 g/mol. The summed E-state index contributed by atoms with van der Waals surface area (Å²) in [5, 5.41) is 3.69. The zero-order chi connectivity index (χ0) is 19.6. The summed E-state index contributed by atoms with van der Waals surface area (Å²) in [6, 6.07) is 8.36. The molecule has 0 aliphatic heterocycles. The average Bonchev–Trinajstić information content (AvgIpc) is 2.53. The minimum Gasteiger partial charge on any atom is -0.323 e. The number of carbonyl (C=O) groups is 1. The molecule has 0 fully saturated rings. The maximum absolute atomic E-state index is 12.6. The van der Waals surface area contributed by atoms with Crippen LogP contribution in [0.3, 0.4) is 0 Å². The van der Waals surface area contributed by atoms with Crippen LogP contribution in [0.2, 0.25) is 15.1 Å². The van der Waals surface area contributed by atoms with Gasteiger partial charge in [0.2, 0.25) is 15.9 Å². The van der Waals surface area contributed by atoms with Crippen LogP contribution in [0.15, 0.2) is 36.4 Å². The summed E-state index contributed by atoms with van der Waals surface area (Å²) >= 11 is 18.1. The standard InChI is InChI=1S/C17H17Cl3N2O3S/c1-10-4-6-13(9-15(10)20)22(26(3,24)25)11(2)17(23)21-16-8-12(18)5-7-14(16)19/h4-9,11H,1-3H3,(H,21,23). The number of nitrogens with one attached hydrogen (secondary N) is 1. The number of nitrogens with zero attached hydrogens (tertiary/aromatic N) is 1. The van der Waals surface area contributed by atoms with E-state index in [1.54, 1.807) is 25.1 Å². The molecule has 1 unspecified atom stereocenters. The Labute approximate surface area is 167 Å². The molecule has 0 saturated carbocycles. The highest BCUT2D eigenvalue weighted by atomic mass is 35.5. The Morgan fingerprint density at radius 2 is 1.73 bits per heavy atom. The number of amides is 1. The number of sulfonamides is 1. The Balaban J connectivity index is 2.37. The van der Waals surface area contributed by atoms with Gasteiger partial charge in [-0.25, -0.2) is 8.42 Å². The van der Waals surface area contributed by atoms with Gasteiger partial charge in [0.05, 0.1) is 22.7 Å². The highest BCUT2D eigenvalue weighted by Crippen LogP contribution is 2.29. The van der Waals surface area contributed by atoms with Gasteiger partial charge in [-0.2, -0.15) is 0 Å². The molecule has 1 N–H and O–H groups in total. The molecule has 2 rings (SSSR count). The van der Waals surface area contributed by atoms with Crippen LogP contribution in [0.25, 0.3) is 0 Å². The van der Waals surface area contributed by atoms with Gasteiger partial charge < -0.3 is 5.32 Å². The summed E-state index contributed by atoms with van der Waals surface area (Å²) in [7, 11) is -3.75. The van der Waals surface area contributed by atoms with Crippen molar-refractivity contribution in [2.75, 3.05) is 15.9 Å². The lowest BCUT2D eigenvalue weighted by Gasteiger charge is -2.28. The van der Waals surface area contributed by atoms with Gasteiger partial charge in [0.1, 0.15) is 6.04 Å². The van der Waals surface area contributed by atoms with Crippen molar-refractivity contribution in [3.63, 3.8) is 0 Å². The number of hydrogen-bond acceptors (Lipinski definition) is 3. The molecule has 0 heterocycles. The van der Waals surface area contributed by atoms with E-state index in [-0.39, 0.29) is 0 Å². The van der Waals surface area contributed by atoms with Crippen molar-refractivity contribution < 1.29 is 13.2 Å². The molecule has 5 nitrogen and oxygen atoms in total. The van der Waals surface area contributed by atoms with E-state index in [9.17, 15) is 13.2 Å². The van der Waals surface area contributed by atoms with Crippen molar-refractivity contribution in [3.05, 3.63) is 57.0 Å². The second kappa shape index (κ2) is 8.05. The van der Waals surface area contributed by atoms with E-state index in [2.05, 4.69) is 5.32 Å². The number of anilines is 2. The molecule has 140 valence electrons. The zero-order valence-corrected chi connectivity index (χ0v) is 17.3. The Morgan fingerprint density at radius 1 is 1.08 bits per heavy atom. The third-order valence-corrected chi connectivity index (χ3v) is 5.90. The summed E-state index contributed by atoms with van der Waals surface area (Å²) < 4.78 is 25.6. The molecule has 0 aromatic heterocycles. The fourth-order valence-corrected chi connectivity index (χ4v) is 4.04. The molecule has 2 aromatic rings. The summed E-state index contributed by atoms with van der Waals surface area (Å²) in [5.74, 6) is -0.559. The first-order chi connectivity index (χ1) is 12.0. The highest BCUT2D eigenvalue weighted by molar-refractivity contribution is 7.92. The van der Waals surface area contributed by atoms with E-state index >= 15 is 0 Å². The van der Waals surface area contributed by atoms with Crippen molar-refractivity contribution in [2.24, 2.45) is 0 Å². The van der Waals surface area contributed by atoms with Crippen LogP contribution in [0.5, 0.6) is 0 Å². The van der Waals surface area contributed by atoms with E-state index in [0.717, 1.165) is 16.1 Å². The zero-order valence-electron chi connectivity index (χ0n) is 14.3. The number of benzene rings is 2. The summed E-state index contributed by atoms with van der Waals surface area (Å²) in [6.45, 7) is 3.27. The third kappa shape index (κ3) is 4.82. The number of carbonyl (C=O) groups excluding carboxylic acids is 1. The normalized spacial score (nSPS) is 12.5. The Kier molecular flexibility index (Phi) is 6.45. The molecule has 1 atom stereocenters. The van der Waals surface area contributed by atoms with Gasteiger partial charge in [-0.3, -0.25) is 9.10 Å². The quantitative estimate of drug-likeness (QED) is 0.737. The molecule has 0 saturated heterocycles. The number of halogens is 3. The second-order valence-corrected chi connectivity index (χ2v) is 8.89. The molecule has 0 radical (unpaired) electrons. The Hall–Kier alpha value is -1.47. The minimum absolute atomic E-state index is 0.291. The van der Waals surface area contributed by atoms with Crippen LogP contribution in [0, 0.1) is 6.92 Å². The summed E-state index contributed by atoms with van der Waals surface area (Å²) in [5.41, 5.74) is 1.39. The van der Waals surface area contributed by atoms with E-state index in [0.29, 0.717) is 26.4 Å². The first-order valence-electron chi connectivity index (χ1n) is 7.52. The first-order valence-corrected chi connectivity index (χ1v) is 10.5. The maximum atomic E-state index is 12.6. The molecule has 1 amide bonds. The topological polar surface area (TPSA) is 66.5 Å². The van der Waals surface area contributed by atoms with Crippen molar-refractivity contribution >= 4 is 62.1 Å². The summed E-state index contributed by atoms with van der Waals surface area (Å²) in [6.07, 6.45) is 1.02. The fourth-order valence-electron chi connectivity index (χ4n) is 2.36. The SMILES string of the molecule is Cc1ccc(N(C(C)C(=O)Nc2cc(Cl)ccc2Cl)S(C)(=O)=O)cc1Cl. The van der Waals surface area contributed by atoms with Gasteiger partial charge in [-0.15, -0.1) is 0 Å². The van der Waals surface area contributed by atoms with Crippen LogP contribution >= 0.6 is 34.8 Å². The van der Waals surface area contributed by atoms with Crippen LogP contribution < -0.4 is 9.62 Å². The Bertz CT molecular complexity index is 948. The van der Waals surface area contributed by atoms with Crippen LogP contribution in [-0.4, -0.2) is 26.6 Å². The molecule has 0 aliphatic rings. The predicted octanol–water partition coefficient (Wildman–Crippen LogP) is 4.75. The third-order valence-electron chi connectivity index (χ3n) is 3.68. The molecule has 0 aliphatic carbocycles.